The molecule has 82 valence electrons. The van der Waals surface area contributed by atoms with Crippen LogP contribution in [0.3, 0.4) is 0 Å². The highest BCUT2D eigenvalue weighted by atomic mass is 16.5. The molecule has 0 unspecified atom stereocenters. The van der Waals surface area contributed by atoms with Crippen LogP contribution < -0.4 is 4.90 Å². The molecule has 0 aliphatic carbocycles. The van der Waals surface area contributed by atoms with Gasteiger partial charge in [0.25, 0.3) is 0 Å². The number of nitrogens with zero attached hydrogens (tertiary/aromatic N) is 2. The normalized spacial score (nSPS) is 17.7. The van der Waals surface area contributed by atoms with Gasteiger partial charge in [-0.2, -0.15) is 5.10 Å². The van der Waals surface area contributed by atoms with Crippen molar-refractivity contribution in [1.82, 2.24) is 10.2 Å². The molecule has 0 saturated carbocycles. The van der Waals surface area contributed by atoms with Gasteiger partial charge < -0.3 is 9.64 Å². The van der Waals surface area contributed by atoms with E-state index in [-0.39, 0.29) is 0 Å². The van der Waals surface area contributed by atoms with E-state index in [9.17, 15) is 4.79 Å². The second-order valence-electron chi connectivity index (χ2n) is 3.78. The molecule has 15 heavy (non-hydrogen) atoms. The maximum absolute atomic E-state index is 10.5. The van der Waals surface area contributed by atoms with Gasteiger partial charge in [0.15, 0.2) is 5.82 Å². The molecule has 0 bridgehead atoms. The van der Waals surface area contributed by atoms with Crippen molar-refractivity contribution in [2.75, 3.05) is 25.2 Å². The van der Waals surface area contributed by atoms with Crippen LogP contribution in [0.4, 0.5) is 5.82 Å². The van der Waals surface area contributed by atoms with E-state index in [1.807, 2.05) is 6.07 Å². The molecule has 0 radical (unpaired) electrons. The van der Waals surface area contributed by atoms with Crippen molar-refractivity contribution in [3.05, 3.63) is 11.8 Å². The van der Waals surface area contributed by atoms with Gasteiger partial charge in [0, 0.05) is 37.9 Å². The molecule has 5 nitrogen and oxygen atoms in total. The van der Waals surface area contributed by atoms with E-state index in [1.54, 1.807) is 7.05 Å². The monoisotopic (exact) mass is 209 g/mol. The van der Waals surface area contributed by atoms with Gasteiger partial charge in [-0.3, -0.25) is 9.89 Å². The van der Waals surface area contributed by atoms with Crippen LogP contribution >= 0.6 is 0 Å². The molecule has 1 aliphatic heterocycles. The predicted octanol–water partition coefficient (Wildman–Crippen LogP) is 0.896. The second-order valence-corrected chi connectivity index (χ2v) is 3.78. The third kappa shape index (κ3) is 2.18. The van der Waals surface area contributed by atoms with Crippen LogP contribution in [0.15, 0.2) is 6.07 Å². The molecule has 0 aromatic carbocycles. The fraction of sp³-hybridized carbons (Fsp3) is 0.600. The minimum atomic E-state index is 0.486. The fourth-order valence-corrected chi connectivity index (χ4v) is 1.78. The molecule has 0 atom stereocenters. The van der Waals surface area contributed by atoms with Crippen molar-refractivity contribution in [3.8, 4) is 0 Å². The Hall–Kier alpha value is -1.36. The van der Waals surface area contributed by atoms with Gasteiger partial charge in [-0.1, -0.05) is 0 Å². The van der Waals surface area contributed by atoms with E-state index in [1.165, 1.54) is 4.90 Å². The first-order valence-corrected chi connectivity index (χ1v) is 5.12. The highest BCUT2D eigenvalue weighted by Gasteiger charge is 2.18. The van der Waals surface area contributed by atoms with E-state index in [4.69, 9.17) is 4.74 Å². The van der Waals surface area contributed by atoms with Crippen LogP contribution in [-0.2, 0) is 9.53 Å². The van der Waals surface area contributed by atoms with E-state index in [0.717, 1.165) is 38.2 Å². The van der Waals surface area contributed by atoms with Crippen molar-refractivity contribution in [2.24, 2.45) is 0 Å². The highest BCUT2D eigenvalue weighted by Crippen LogP contribution is 2.26. The number of H-pyrrole nitrogens is 1. The molecule has 0 spiro atoms. The summed E-state index contributed by atoms with van der Waals surface area (Å²) in [6, 6.07) is 1.93. The zero-order valence-corrected chi connectivity index (χ0v) is 8.77. The first kappa shape index (κ1) is 10.2. The van der Waals surface area contributed by atoms with Crippen molar-refractivity contribution < 1.29 is 9.53 Å². The third-order valence-electron chi connectivity index (χ3n) is 2.76. The SMILES string of the molecule is CN(C=O)c1cc(C2CCOCC2)[nH]n1. The molecule has 1 aromatic rings. The number of ether oxygens (including phenoxy) is 1. The molecule has 2 heterocycles. The highest BCUT2D eigenvalue weighted by molar-refractivity contribution is 5.71. The molecule has 1 fully saturated rings. The van der Waals surface area contributed by atoms with Crippen molar-refractivity contribution in [3.63, 3.8) is 0 Å². The number of nitrogens with one attached hydrogen (secondary N) is 1. The summed E-state index contributed by atoms with van der Waals surface area (Å²) in [7, 11) is 1.69. The Labute approximate surface area is 88.4 Å². The number of hydrogen-bond donors (Lipinski definition) is 1. The Balaban J connectivity index is 2.08. The van der Waals surface area contributed by atoms with Gasteiger partial charge in [0.2, 0.25) is 6.41 Å². The second kappa shape index (κ2) is 4.44. The number of aromatic nitrogens is 2. The predicted molar refractivity (Wildman–Crippen MR) is 55.8 cm³/mol. The number of carbonyl (C=O) groups excluding carboxylic acids is 1. The van der Waals surface area contributed by atoms with E-state index >= 15 is 0 Å². The van der Waals surface area contributed by atoms with E-state index in [0.29, 0.717) is 11.7 Å². The Morgan fingerprint density at radius 1 is 1.60 bits per heavy atom. The summed E-state index contributed by atoms with van der Waals surface area (Å²) in [5.74, 6) is 1.16. The van der Waals surface area contributed by atoms with Crippen LogP contribution in [0.25, 0.3) is 0 Å². The maximum Gasteiger partial charge on any atom is 0.215 e. The van der Waals surface area contributed by atoms with Crippen molar-refractivity contribution in [1.29, 1.82) is 0 Å². The van der Waals surface area contributed by atoms with Gasteiger partial charge >= 0.3 is 0 Å². The number of hydrogen-bond acceptors (Lipinski definition) is 3. The van der Waals surface area contributed by atoms with Gasteiger partial charge in [-0.25, -0.2) is 0 Å². The molecular formula is C10H15N3O2. The Morgan fingerprint density at radius 3 is 3.00 bits per heavy atom. The molecule has 1 amide bonds. The summed E-state index contributed by atoms with van der Waals surface area (Å²) in [4.78, 5) is 12.0. The summed E-state index contributed by atoms with van der Waals surface area (Å²) < 4.78 is 5.30. The summed E-state index contributed by atoms with van der Waals surface area (Å²) in [5, 5.41) is 7.08. The standard InChI is InChI=1S/C10H15N3O2/c1-13(7-14)10-6-9(11-12-10)8-2-4-15-5-3-8/h6-8H,2-5H2,1H3,(H,11,12). The lowest BCUT2D eigenvalue weighted by Gasteiger charge is -2.20. The first-order chi connectivity index (χ1) is 7.31. The molecule has 1 saturated heterocycles. The van der Waals surface area contributed by atoms with Crippen molar-refractivity contribution >= 4 is 12.2 Å². The van der Waals surface area contributed by atoms with Gasteiger partial charge in [-0.05, 0) is 12.8 Å². The molecular weight excluding hydrogens is 194 g/mol. The van der Waals surface area contributed by atoms with Crippen molar-refractivity contribution in [2.45, 2.75) is 18.8 Å². The zero-order valence-electron chi connectivity index (χ0n) is 8.77. The number of rotatable bonds is 3. The largest absolute Gasteiger partial charge is 0.381 e. The number of aromatic amines is 1. The lowest BCUT2D eigenvalue weighted by molar-refractivity contribution is -0.107. The average molecular weight is 209 g/mol. The fourth-order valence-electron chi connectivity index (χ4n) is 1.78. The van der Waals surface area contributed by atoms with Gasteiger partial charge in [0.1, 0.15) is 0 Å². The summed E-state index contributed by atoms with van der Waals surface area (Å²) >= 11 is 0. The van der Waals surface area contributed by atoms with Crippen LogP contribution in [0.5, 0.6) is 0 Å². The molecule has 1 N–H and O–H groups in total. The molecule has 1 aromatic heterocycles. The lowest BCUT2D eigenvalue weighted by Crippen LogP contribution is -2.14. The van der Waals surface area contributed by atoms with Crippen LogP contribution in [0.2, 0.25) is 0 Å². The van der Waals surface area contributed by atoms with Crippen LogP contribution in [-0.4, -0.2) is 36.9 Å². The molecule has 2 rings (SSSR count). The molecule has 5 heteroatoms. The number of anilines is 1. The number of carbonyl (C=O) groups is 1. The number of amides is 1. The Morgan fingerprint density at radius 2 is 2.33 bits per heavy atom. The van der Waals surface area contributed by atoms with Gasteiger partial charge in [0.05, 0.1) is 0 Å². The van der Waals surface area contributed by atoms with Gasteiger partial charge in [-0.15, -0.1) is 0 Å². The minimum Gasteiger partial charge on any atom is -0.381 e. The molecule has 1 aliphatic rings. The van der Waals surface area contributed by atoms with E-state index in [2.05, 4.69) is 10.2 Å². The minimum absolute atomic E-state index is 0.486. The summed E-state index contributed by atoms with van der Waals surface area (Å²) in [6.45, 7) is 1.62. The Kier molecular flexibility index (Phi) is 3.01. The zero-order chi connectivity index (χ0) is 10.7. The quantitative estimate of drug-likeness (QED) is 0.752. The van der Waals surface area contributed by atoms with Crippen LogP contribution in [0.1, 0.15) is 24.5 Å². The topological polar surface area (TPSA) is 58.2 Å². The Bertz CT molecular complexity index is 331. The summed E-state index contributed by atoms with van der Waals surface area (Å²) in [6.07, 6.45) is 2.79. The van der Waals surface area contributed by atoms with Crippen LogP contribution in [0, 0.1) is 0 Å². The van der Waals surface area contributed by atoms with E-state index < -0.39 is 0 Å². The first-order valence-electron chi connectivity index (χ1n) is 5.12. The smallest absolute Gasteiger partial charge is 0.215 e. The third-order valence-corrected chi connectivity index (χ3v) is 2.76. The summed E-state index contributed by atoms with van der Waals surface area (Å²) in [5.41, 5.74) is 1.10. The maximum atomic E-state index is 10.5. The average Bonchev–Trinajstić information content (AvgIpc) is 2.78. The lowest BCUT2D eigenvalue weighted by atomic mass is 9.97.